The van der Waals surface area contributed by atoms with Crippen LogP contribution in [0.2, 0.25) is 0 Å². The highest BCUT2D eigenvalue weighted by atomic mass is 15.0. The predicted molar refractivity (Wildman–Crippen MR) is 313 cm³/mol. The van der Waals surface area contributed by atoms with Gasteiger partial charge in [-0.25, -0.2) is 0 Å². The van der Waals surface area contributed by atoms with E-state index in [0.717, 1.165) is 11.4 Å². The molecule has 0 radical (unpaired) electrons. The molecule has 0 fully saturated rings. The molecule has 2 aromatic heterocycles. The minimum absolute atomic E-state index is 1.15. The first kappa shape index (κ1) is 43.1. The lowest BCUT2D eigenvalue weighted by Crippen LogP contribution is -1.98. The highest BCUT2D eigenvalue weighted by Crippen LogP contribution is 2.42. The molecule has 346 valence electrons. The van der Waals surface area contributed by atoms with Crippen molar-refractivity contribution in [1.82, 2.24) is 9.13 Å². The first-order chi connectivity index (χ1) is 36.7. The fraction of sp³-hybridized carbons (Fsp3) is 0. The van der Waals surface area contributed by atoms with Crippen LogP contribution in [0.25, 0.3) is 133 Å². The average Bonchev–Trinajstić information content (AvgIpc) is 4.00. The first-order valence-electron chi connectivity index (χ1n) is 25.5. The normalized spacial score (nSPS) is 11.5. The van der Waals surface area contributed by atoms with Crippen LogP contribution >= 0.6 is 0 Å². The van der Waals surface area contributed by atoms with Crippen LogP contribution < -0.4 is 0 Å². The number of nitrogens with zero attached hydrogens (tertiary/aromatic N) is 2. The van der Waals surface area contributed by atoms with E-state index in [4.69, 9.17) is 0 Å². The van der Waals surface area contributed by atoms with Crippen LogP contribution in [-0.2, 0) is 0 Å². The quantitative estimate of drug-likeness (QED) is 0.136. The molecule has 0 unspecified atom stereocenters. The molecule has 2 heterocycles. The molecule has 0 aliphatic carbocycles. The zero-order valence-corrected chi connectivity index (χ0v) is 40.6. The molecule has 0 amide bonds. The summed E-state index contributed by atoms with van der Waals surface area (Å²) in [6.07, 6.45) is 0. The van der Waals surface area contributed by atoms with Crippen molar-refractivity contribution in [3.05, 3.63) is 291 Å². The Morgan fingerprint density at radius 2 is 0.527 bits per heavy atom. The van der Waals surface area contributed by atoms with Gasteiger partial charge < -0.3 is 9.13 Å². The highest BCUT2D eigenvalue weighted by Gasteiger charge is 2.19. The van der Waals surface area contributed by atoms with Gasteiger partial charge in [0.1, 0.15) is 0 Å². The molecule has 0 aliphatic rings. The van der Waals surface area contributed by atoms with Crippen molar-refractivity contribution in [2.75, 3.05) is 0 Å². The second-order valence-corrected chi connectivity index (χ2v) is 19.2. The van der Waals surface area contributed by atoms with Gasteiger partial charge in [-0.3, -0.25) is 0 Å². The predicted octanol–water partition coefficient (Wildman–Crippen LogP) is 19.5. The second kappa shape index (κ2) is 18.1. The number of hydrogen-bond acceptors (Lipinski definition) is 0. The lowest BCUT2D eigenvalue weighted by atomic mass is 9.92. The van der Waals surface area contributed by atoms with E-state index in [0.29, 0.717) is 0 Å². The fourth-order valence-corrected chi connectivity index (χ4v) is 11.4. The number of rotatable bonds is 9. The Balaban J connectivity index is 0.813. The molecule has 14 aromatic rings. The molecule has 0 atom stereocenters. The Labute approximate surface area is 431 Å². The maximum atomic E-state index is 2.46. The van der Waals surface area contributed by atoms with Crippen molar-refractivity contribution in [2.45, 2.75) is 0 Å². The standard InChI is InChI=1S/C72H48N2/c1-3-17-49(18-4-1)51-37-41-60(42-38-51)73-68-30-12-10-28-64(68)66-47-58(39-43-71(66)73)59-40-44-72-67(48-59)65-29-11-14-32-70(65)74(72)69-31-13-9-27-63(69)62-26-8-7-25-61(62)53-35-33-52(34-36-53)55-22-16-24-57(46-55)56-23-15-21-54(45-56)50-19-5-2-6-20-50/h1-48H. The third-order valence-electron chi connectivity index (χ3n) is 15.0. The van der Waals surface area contributed by atoms with E-state index in [9.17, 15) is 0 Å². The average molecular weight is 941 g/mol. The van der Waals surface area contributed by atoms with Crippen LogP contribution in [0.5, 0.6) is 0 Å². The molecule has 74 heavy (non-hydrogen) atoms. The maximum absolute atomic E-state index is 2.46. The van der Waals surface area contributed by atoms with Crippen molar-refractivity contribution in [3.8, 4) is 89.3 Å². The third-order valence-corrected chi connectivity index (χ3v) is 15.0. The smallest absolute Gasteiger partial charge is 0.0541 e. The zero-order valence-electron chi connectivity index (χ0n) is 40.6. The third kappa shape index (κ3) is 7.52. The summed E-state index contributed by atoms with van der Waals surface area (Å²) in [6.45, 7) is 0. The summed E-state index contributed by atoms with van der Waals surface area (Å²) in [7, 11) is 0. The number of para-hydroxylation sites is 3. The van der Waals surface area contributed by atoms with Gasteiger partial charge in [0.2, 0.25) is 0 Å². The monoisotopic (exact) mass is 940 g/mol. The van der Waals surface area contributed by atoms with Gasteiger partial charge in [-0.05, 0) is 139 Å². The molecule has 0 aliphatic heterocycles. The van der Waals surface area contributed by atoms with E-state index >= 15 is 0 Å². The Bertz CT molecular complexity index is 4390. The first-order valence-corrected chi connectivity index (χ1v) is 25.5. The van der Waals surface area contributed by atoms with Crippen molar-refractivity contribution < 1.29 is 0 Å². The van der Waals surface area contributed by atoms with Crippen LogP contribution in [0.1, 0.15) is 0 Å². The fourth-order valence-electron chi connectivity index (χ4n) is 11.4. The van der Waals surface area contributed by atoms with E-state index in [2.05, 4.69) is 300 Å². The molecule has 12 aromatic carbocycles. The lowest BCUT2D eigenvalue weighted by molar-refractivity contribution is 1.18. The molecule has 2 nitrogen and oxygen atoms in total. The van der Waals surface area contributed by atoms with Crippen LogP contribution in [0.4, 0.5) is 0 Å². The highest BCUT2D eigenvalue weighted by molar-refractivity contribution is 6.13. The summed E-state index contributed by atoms with van der Waals surface area (Å²) in [5.41, 5.74) is 23.9. The molecule has 14 rings (SSSR count). The summed E-state index contributed by atoms with van der Waals surface area (Å²) in [4.78, 5) is 0. The molecule has 0 bridgehead atoms. The minimum Gasteiger partial charge on any atom is -0.309 e. The molecule has 2 heteroatoms. The van der Waals surface area contributed by atoms with Gasteiger partial charge in [0.15, 0.2) is 0 Å². The van der Waals surface area contributed by atoms with E-state index < -0.39 is 0 Å². The van der Waals surface area contributed by atoms with Gasteiger partial charge in [-0.2, -0.15) is 0 Å². The van der Waals surface area contributed by atoms with E-state index in [1.807, 2.05) is 0 Å². The van der Waals surface area contributed by atoms with Crippen LogP contribution in [-0.4, -0.2) is 9.13 Å². The Morgan fingerprint density at radius 1 is 0.176 bits per heavy atom. The van der Waals surface area contributed by atoms with Gasteiger partial charge in [0.25, 0.3) is 0 Å². The topological polar surface area (TPSA) is 9.86 Å². The van der Waals surface area contributed by atoms with Crippen LogP contribution in [0, 0.1) is 0 Å². The van der Waals surface area contributed by atoms with E-state index in [-0.39, 0.29) is 0 Å². The van der Waals surface area contributed by atoms with Crippen molar-refractivity contribution in [3.63, 3.8) is 0 Å². The van der Waals surface area contributed by atoms with Crippen molar-refractivity contribution in [2.24, 2.45) is 0 Å². The number of fused-ring (bicyclic) bond motifs is 6. The van der Waals surface area contributed by atoms with Gasteiger partial charge in [-0.1, -0.05) is 224 Å². The number of aromatic nitrogens is 2. The van der Waals surface area contributed by atoms with Crippen molar-refractivity contribution in [1.29, 1.82) is 0 Å². The zero-order chi connectivity index (χ0) is 49.0. The summed E-state index contributed by atoms with van der Waals surface area (Å²) in [6, 6.07) is 106. The van der Waals surface area contributed by atoms with E-state index in [1.165, 1.54) is 122 Å². The SMILES string of the molecule is c1ccc(-c2ccc(-n3c4ccccc4c4cc(-c5ccc6c(c5)c5ccccc5n6-c5ccccc5-c5ccccc5-c5ccc(-c6cccc(-c7cccc(-c8ccccc8)c7)c6)cc5)ccc43)cc2)cc1. The Morgan fingerprint density at radius 3 is 1.12 bits per heavy atom. The summed E-state index contributed by atoms with van der Waals surface area (Å²) < 4.78 is 4.87. The summed E-state index contributed by atoms with van der Waals surface area (Å²) in [5.74, 6) is 0. The number of benzene rings is 12. The van der Waals surface area contributed by atoms with Gasteiger partial charge >= 0.3 is 0 Å². The molecular weight excluding hydrogens is 893 g/mol. The van der Waals surface area contributed by atoms with Gasteiger partial charge in [-0.15, -0.1) is 0 Å². The minimum atomic E-state index is 1.15. The molecule has 0 saturated carbocycles. The molecule has 0 saturated heterocycles. The van der Waals surface area contributed by atoms with Gasteiger partial charge in [0.05, 0.1) is 27.8 Å². The molecular formula is C72H48N2. The number of hydrogen-bond donors (Lipinski definition) is 0. The van der Waals surface area contributed by atoms with Crippen LogP contribution in [0.3, 0.4) is 0 Å². The maximum Gasteiger partial charge on any atom is 0.0541 e. The second-order valence-electron chi connectivity index (χ2n) is 19.2. The Kier molecular flexibility index (Phi) is 10.6. The summed E-state index contributed by atoms with van der Waals surface area (Å²) >= 11 is 0. The van der Waals surface area contributed by atoms with Crippen molar-refractivity contribution >= 4 is 43.6 Å². The summed E-state index contributed by atoms with van der Waals surface area (Å²) in [5, 5.41) is 4.94. The largest absolute Gasteiger partial charge is 0.309 e. The lowest BCUT2D eigenvalue weighted by Gasteiger charge is -2.17. The van der Waals surface area contributed by atoms with E-state index in [1.54, 1.807) is 0 Å². The molecule has 0 N–H and O–H groups in total. The Hall–Kier alpha value is -9.76. The van der Waals surface area contributed by atoms with Gasteiger partial charge in [0, 0.05) is 32.8 Å². The molecule has 0 spiro atoms. The van der Waals surface area contributed by atoms with Crippen LogP contribution in [0.15, 0.2) is 291 Å².